The van der Waals surface area contributed by atoms with Crippen LogP contribution in [0.5, 0.6) is 0 Å². The van der Waals surface area contributed by atoms with E-state index in [9.17, 15) is 4.79 Å². The molecule has 15 heavy (non-hydrogen) atoms. The number of fused-ring (bicyclic) bond motifs is 1. The van der Waals surface area contributed by atoms with Crippen molar-refractivity contribution >= 4 is 16.9 Å². The van der Waals surface area contributed by atoms with Crippen molar-refractivity contribution in [1.82, 2.24) is 0 Å². The first-order valence-electron chi connectivity index (χ1n) is 5.12. The first kappa shape index (κ1) is 8.53. The van der Waals surface area contributed by atoms with E-state index in [-0.39, 0.29) is 5.43 Å². The van der Waals surface area contributed by atoms with Gasteiger partial charge in [-0.1, -0.05) is 12.1 Å². The van der Waals surface area contributed by atoms with E-state index >= 15 is 0 Å². The summed E-state index contributed by atoms with van der Waals surface area (Å²) in [4.78, 5) is 11.7. The molecule has 3 heteroatoms. The van der Waals surface area contributed by atoms with Crippen LogP contribution < -0.4 is 10.7 Å². The average molecular weight is 201 g/mol. The van der Waals surface area contributed by atoms with Gasteiger partial charge in [0.05, 0.1) is 5.39 Å². The van der Waals surface area contributed by atoms with E-state index in [1.54, 1.807) is 6.07 Å². The highest BCUT2D eigenvalue weighted by Crippen LogP contribution is 2.25. The summed E-state index contributed by atoms with van der Waals surface area (Å²) in [6.45, 7) is 0. The zero-order chi connectivity index (χ0) is 10.3. The highest BCUT2D eigenvalue weighted by atomic mass is 16.3. The fraction of sp³-hybridized carbons (Fsp3) is 0.250. The SMILES string of the molecule is O=c1cc(NC2CC2)oc2ccccc12. The van der Waals surface area contributed by atoms with Crippen LogP contribution in [0.2, 0.25) is 0 Å². The second kappa shape index (κ2) is 3.12. The van der Waals surface area contributed by atoms with Gasteiger partial charge in [-0.2, -0.15) is 0 Å². The summed E-state index contributed by atoms with van der Waals surface area (Å²) in [5.74, 6) is 0.584. The minimum Gasteiger partial charge on any atom is -0.440 e. The van der Waals surface area contributed by atoms with Gasteiger partial charge in [0.1, 0.15) is 5.58 Å². The number of rotatable bonds is 2. The Morgan fingerprint density at radius 2 is 2.07 bits per heavy atom. The van der Waals surface area contributed by atoms with Crippen LogP contribution in [-0.4, -0.2) is 6.04 Å². The topological polar surface area (TPSA) is 42.2 Å². The molecule has 0 amide bonds. The molecule has 76 valence electrons. The predicted molar refractivity (Wildman–Crippen MR) is 59.1 cm³/mol. The maximum atomic E-state index is 11.7. The van der Waals surface area contributed by atoms with E-state index in [2.05, 4.69) is 5.32 Å². The largest absolute Gasteiger partial charge is 0.440 e. The Morgan fingerprint density at radius 1 is 1.27 bits per heavy atom. The quantitative estimate of drug-likeness (QED) is 0.811. The molecule has 0 unspecified atom stereocenters. The minimum atomic E-state index is 0.0139. The van der Waals surface area contributed by atoms with Crippen LogP contribution in [-0.2, 0) is 0 Å². The number of hydrogen-bond donors (Lipinski definition) is 1. The van der Waals surface area contributed by atoms with Crippen LogP contribution in [0.3, 0.4) is 0 Å². The Kier molecular flexibility index (Phi) is 1.78. The maximum Gasteiger partial charge on any atom is 0.197 e. The van der Waals surface area contributed by atoms with Gasteiger partial charge in [-0.05, 0) is 25.0 Å². The van der Waals surface area contributed by atoms with Gasteiger partial charge >= 0.3 is 0 Å². The highest BCUT2D eigenvalue weighted by molar-refractivity contribution is 5.77. The average Bonchev–Trinajstić information content (AvgIpc) is 3.02. The molecule has 1 N–H and O–H groups in total. The Hall–Kier alpha value is -1.77. The van der Waals surface area contributed by atoms with Crippen LogP contribution in [0.1, 0.15) is 12.8 Å². The lowest BCUT2D eigenvalue weighted by atomic mass is 10.2. The van der Waals surface area contributed by atoms with Gasteiger partial charge in [0.15, 0.2) is 11.3 Å². The molecule has 0 spiro atoms. The summed E-state index contributed by atoms with van der Waals surface area (Å²) in [5.41, 5.74) is 0.660. The van der Waals surface area contributed by atoms with Crippen LogP contribution in [0.25, 0.3) is 11.0 Å². The summed E-state index contributed by atoms with van der Waals surface area (Å²) in [7, 11) is 0. The number of benzene rings is 1. The molecule has 3 nitrogen and oxygen atoms in total. The van der Waals surface area contributed by atoms with Crippen molar-refractivity contribution in [2.24, 2.45) is 0 Å². The molecule has 2 aromatic rings. The summed E-state index contributed by atoms with van der Waals surface area (Å²) < 4.78 is 5.58. The molecule has 1 aromatic heterocycles. The highest BCUT2D eigenvalue weighted by Gasteiger charge is 2.22. The van der Waals surface area contributed by atoms with E-state index in [1.807, 2.05) is 18.2 Å². The van der Waals surface area contributed by atoms with Crippen molar-refractivity contribution in [2.75, 3.05) is 5.32 Å². The van der Waals surface area contributed by atoms with Gasteiger partial charge in [0.25, 0.3) is 0 Å². The van der Waals surface area contributed by atoms with Crippen LogP contribution in [0.15, 0.2) is 39.5 Å². The van der Waals surface area contributed by atoms with E-state index < -0.39 is 0 Å². The molecule has 1 aliphatic carbocycles. The van der Waals surface area contributed by atoms with E-state index in [1.165, 1.54) is 6.07 Å². The van der Waals surface area contributed by atoms with Crippen molar-refractivity contribution in [3.8, 4) is 0 Å². The lowest BCUT2D eigenvalue weighted by Crippen LogP contribution is -2.06. The summed E-state index contributed by atoms with van der Waals surface area (Å²) >= 11 is 0. The van der Waals surface area contributed by atoms with Crippen molar-refractivity contribution in [2.45, 2.75) is 18.9 Å². The number of anilines is 1. The van der Waals surface area contributed by atoms with Gasteiger partial charge in [-0.3, -0.25) is 4.79 Å². The lowest BCUT2D eigenvalue weighted by molar-refractivity contribution is 0.614. The molecule has 0 atom stereocenters. The Bertz CT molecular complexity index is 555. The fourth-order valence-corrected chi connectivity index (χ4v) is 1.60. The molecule has 1 fully saturated rings. The standard InChI is InChI=1S/C12H11NO2/c14-10-7-12(13-8-5-6-8)15-11-4-2-1-3-9(10)11/h1-4,7-8,13H,5-6H2. The zero-order valence-corrected chi connectivity index (χ0v) is 8.19. The third-order valence-electron chi connectivity index (χ3n) is 2.56. The smallest absolute Gasteiger partial charge is 0.197 e. The van der Waals surface area contributed by atoms with Crippen LogP contribution >= 0.6 is 0 Å². The molecule has 3 rings (SSSR count). The monoisotopic (exact) mass is 201 g/mol. The maximum absolute atomic E-state index is 11.7. The molecule has 1 aromatic carbocycles. The second-order valence-electron chi connectivity index (χ2n) is 3.89. The molecule has 1 heterocycles. The van der Waals surface area contributed by atoms with Gasteiger partial charge in [0.2, 0.25) is 0 Å². The van der Waals surface area contributed by atoms with Crippen molar-refractivity contribution in [3.05, 3.63) is 40.6 Å². The molecule has 0 bridgehead atoms. The molecular weight excluding hydrogens is 190 g/mol. The molecule has 1 aliphatic rings. The van der Waals surface area contributed by atoms with Gasteiger partial charge in [-0.25, -0.2) is 0 Å². The second-order valence-corrected chi connectivity index (χ2v) is 3.89. The third kappa shape index (κ3) is 1.61. The number of hydrogen-bond acceptors (Lipinski definition) is 3. The van der Waals surface area contributed by atoms with Crippen molar-refractivity contribution in [3.63, 3.8) is 0 Å². The molecule has 0 radical (unpaired) electrons. The zero-order valence-electron chi connectivity index (χ0n) is 8.19. The van der Waals surface area contributed by atoms with E-state index in [4.69, 9.17) is 4.42 Å². The summed E-state index contributed by atoms with van der Waals surface area (Å²) in [6.07, 6.45) is 2.33. The van der Waals surface area contributed by atoms with Gasteiger partial charge in [0, 0.05) is 12.1 Å². The van der Waals surface area contributed by atoms with E-state index in [0.717, 1.165) is 12.8 Å². The van der Waals surface area contributed by atoms with Crippen LogP contribution in [0, 0.1) is 0 Å². The van der Waals surface area contributed by atoms with Crippen molar-refractivity contribution < 1.29 is 4.42 Å². The first-order chi connectivity index (χ1) is 7.33. The Morgan fingerprint density at radius 3 is 2.87 bits per heavy atom. The molecule has 1 saturated carbocycles. The van der Waals surface area contributed by atoms with Gasteiger partial charge in [-0.15, -0.1) is 0 Å². The van der Waals surface area contributed by atoms with E-state index in [0.29, 0.717) is 22.9 Å². The first-order valence-corrected chi connectivity index (χ1v) is 5.12. The summed E-state index contributed by atoms with van der Waals surface area (Å²) in [6, 6.07) is 9.33. The normalized spacial score (nSPS) is 15.5. The van der Waals surface area contributed by atoms with Crippen LogP contribution in [0.4, 0.5) is 5.88 Å². The lowest BCUT2D eigenvalue weighted by Gasteiger charge is -2.03. The minimum absolute atomic E-state index is 0.0139. The third-order valence-corrected chi connectivity index (χ3v) is 2.56. The molecule has 0 saturated heterocycles. The Labute approximate surface area is 86.7 Å². The Balaban J connectivity index is 2.13. The molecular formula is C12H11NO2. The molecule has 0 aliphatic heterocycles. The fourth-order valence-electron chi connectivity index (χ4n) is 1.60. The van der Waals surface area contributed by atoms with Crippen molar-refractivity contribution in [1.29, 1.82) is 0 Å². The predicted octanol–water partition coefficient (Wildman–Crippen LogP) is 2.37. The van der Waals surface area contributed by atoms with Gasteiger partial charge < -0.3 is 9.73 Å². The number of nitrogens with one attached hydrogen (secondary N) is 1. The number of para-hydroxylation sites is 1. The summed E-state index contributed by atoms with van der Waals surface area (Å²) in [5, 5.41) is 3.82.